The molecule has 21 heavy (non-hydrogen) atoms. The maximum absolute atomic E-state index is 10.8. The van der Waals surface area contributed by atoms with Gasteiger partial charge in [0.15, 0.2) is 11.5 Å². The zero-order chi connectivity index (χ0) is 15.4. The molecule has 0 aromatic heterocycles. The van der Waals surface area contributed by atoms with Crippen LogP contribution in [-0.4, -0.2) is 12.0 Å². The van der Waals surface area contributed by atoms with Crippen molar-refractivity contribution in [3.63, 3.8) is 0 Å². The van der Waals surface area contributed by atoms with Gasteiger partial charge in [0.1, 0.15) is 5.75 Å². The van der Waals surface area contributed by atoms with Crippen LogP contribution in [0.3, 0.4) is 0 Å². The summed E-state index contributed by atoms with van der Waals surface area (Å²) >= 11 is 0. The first kappa shape index (κ1) is 14.8. The van der Waals surface area contributed by atoms with E-state index in [1.54, 1.807) is 6.07 Å². The lowest BCUT2D eigenvalue weighted by Crippen LogP contribution is -1.99. The van der Waals surface area contributed by atoms with Crippen LogP contribution in [-0.2, 0) is 6.54 Å². The molecule has 0 aliphatic rings. The molecule has 2 aromatic carbocycles. The van der Waals surface area contributed by atoms with Gasteiger partial charge in [-0.1, -0.05) is 6.07 Å². The van der Waals surface area contributed by atoms with E-state index in [2.05, 4.69) is 0 Å². The molecule has 0 atom stereocenters. The molecule has 0 bridgehead atoms. The first-order chi connectivity index (χ1) is 10.0. The topological polar surface area (TPSA) is 87.6 Å². The van der Waals surface area contributed by atoms with E-state index in [1.807, 2.05) is 19.1 Å². The first-order valence-corrected chi connectivity index (χ1v) is 6.35. The third-order valence-electron chi connectivity index (χ3n) is 3.12. The molecule has 6 heteroatoms. The van der Waals surface area contributed by atoms with Crippen LogP contribution in [0.1, 0.15) is 11.1 Å². The van der Waals surface area contributed by atoms with Crippen LogP contribution in [0.5, 0.6) is 17.2 Å². The smallest absolute Gasteiger partial charge is 0.273 e. The Morgan fingerprint density at radius 3 is 2.52 bits per heavy atom. The Balaban J connectivity index is 2.35. The van der Waals surface area contributed by atoms with Crippen LogP contribution < -0.4 is 15.2 Å². The largest absolute Gasteiger partial charge is 0.493 e. The Morgan fingerprint density at radius 2 is 1.95 bits per heavy atom. The molecule has 0 heterocycles. The van der Waals surface area contributed by atoms with Gasteiger partial charge in [0, 0.05) is 12.6 Å². The van der Waals surface area contributed by atoms with Gasteiger partial charge in [0.2, 0.25) is 0 Å². The molecule has 0 unspecified atom stereocenters. The van der Waals surface area contributed by atoms with Gasteiger partial charge < -0.3 is 15.2 Å². The number of nitrogens with zero attached hydrogens (tertiary/aromatic N) is 1. The number of methoxy groups -OCH3 is 1. The summed E-state index contributed by atoms with van der Waals surface area (Å²) < 4.78 is 10.9. The van der Waals surface area contributed by atoms with Crippen LogP contribution in [0, 0.1) is 17.0 Å². The quantitative estimate of drug-likeness (QED) is 0.674. The van der Waals surface area contributed by atoms with Gasteiger partial charge in [-0.05, 0) is 36.2 Å². The maximum atomic E-state index is 10.8. The van der Waals surface area contributed by atoms with Gasteiger partial charge in [0.05, 0.1) is 18.1 Å². The number of nitro groups is 1. The van der Waals surface area contributed by atoms with E-state index in [1.165, 1.54) is 25.3 Å². The molecule has 0 fully saturated rings. The molecule has 0 amide bonds. The zero-order valence-corrected chi connectivity index (χ0v) is 11.8. The lowest BCUT2D eigenvalue weighted by molar-refractivity contribution is -0.384. The van der Waals surface area contributed by atoms with Gasteiger partial charge in [-0.15, -0.1) is 0 Å². The molecular formula is C15H16N2O4. The fourth-order valence-electron chi connectivity index (χ4n) is 1.95. The molecule has 0 aliphatic heterocycles. The van der Waals surface area contributed by atoms with Crippen molar-refractivity contribution in [3.05, 3.63) is 57.6 Å². The molecule has 0 spiro atoms. The number of nitrogens with two attached hydrogens (primary N) is 1. The second-order valence-corrected chi connectivity index (χ2v) is 4.49. The van der Waals surface area contributed by atoms with Crippen LogP contribution in [0.25, 0.3) is 0 Å². The zero-order valence-electron chi connectivity index (χ0n) is 11.8. The molecule has 6 nitrogen and oxygen atoms in total. The van der Waals surface area contributed by atoms with Gasteiger partial charge in [0.25, 0.3) is 5.69 Å². The Bertz CT molecular complexity index is 671. The summed E-state index contributed by atoms with van der Waals surface area (Å²) in [5.41, 5.74) is 7.58. The Labute approximate surface area is 122 Å². The van der Waals surface area contributed by atoms with Crippen LogP contribution in [0.4, 0.5) is 5.69 Å². The van der Waals surface area contributed by atoms with E-state index in [-0.39, 0.29) is 5.69 Å². The molecule has 0 radical (unpaired) electrons. The first-order valence-electron chi connectivity index (χ1n) is 6.35. The highest BCUT2D eigenvalue weighted by Gasteiger charge is 2.13. The lowest BCUT2D eigenvalue weighted by atomic mass is 10.1. The van der Waals surface area contributed by atoms with E-state index in [0.29, 0.717) is 23.8 Å². The number of rotatable bonds is 5. The number of non-ortho nitro benzene ring substituents is 1. The number of aryl methyl sites for hydroxylation is 1. The van der Waals surface area contributed by atoms with Crippen LogP contribution in [0.2, 0.25) is 0 Å². The maximum Gasteiger partial charge on any atom is 0.273 e. The van der Waals surface area contributed by atoms with Crippen molar-refractivity contribution in [2.45, 2.75) is 13.5 Å². The van der Waals surface area contributed by atoms with E-state index < -0.39 is 4.92 Å². The minimum Gasteiger partial charge on any atom is -0.493 e. The van der Waals surface area contributed by atoms with Crippen LogP contribution in [0.15, 0.2) is 36.4 Å². The van der Waals surface area contributed by atoms with Crippen molar-refractivity contribution in [1.82, 2.24) is 0 Å². The van der Waals surface area contributed by atoms with Crippen molar-refractivity contribution in [3.8, 4) is 17.2 Å². The molecule has 110 valence electrons. The third kappa shape index (κ3) is 3.29. The summed E-state index contributed by atoms with van der Waals surface area (Å²) in [4.78, 5) is 10.4. The van der Waals surface area contributed by atoms with Gasteiger partial charge in [-0.25, -0.2) is 0 Å². The summed E-state index contributed by atoms with van der Waals surface area (Å²) in [7, 11) is 1.48. The molecular weight excluding hydrogens is 272 g/mol. The minimum atomic E-state index is -0.477. The third-order valence-corrected chi connectivity index (χ3v) is 3.12. The molecule has 0 saturated heterocycles. The Kier molecular flexibility index (Phi) is 4.39. The summed E-state index contributed by atoms with van der Waals surface area (Å²) in [5.74, 6) is 1.30. The van der Waals surface area contributed by atoms with E-state index in [9.17, 15) is 10.1 Å². The number of hydrogen-bond acceptors (Lipinski definition) is 5. The van der Waals surface area contributed by atoms with Crippen molar-refractivity contribution in [2.24, 2.45) is 5.73 Å². The highest BCUT2D eigenvalue weighted by Crippen LogP contribution is 2.35. The summed E-state index contributed by atoms with van der Waals surface area (Å²) in [6, 6.07) is 9.69. The predicted molar refractivity (Wildman–Crippen MR) is 78.8 cm³/mol. The number of hydrogen-bond donors (Lipinski definition) is 1. The Hall–Kier alpha value is -2.60. The fourth-order valence-corrected chi connectivity index (χ4v) is 1.95. The van der Waals surface area contributed by atoms with E-state index >= 15 is 0 Å². The monoisotopic (exact) mass is 288 g/mol. The lowest BCUT2D eigenvalue weighted by Gasteiger charge is -2.11. The Morgan fingerprint density at radius 1 is 1.19 bits per heavy atom. The van der Waals surface area contributed by atoms with Gasteiger partial charge >= 0.3 is 0 Å². The standard InChI is InChI=1S/C15H16N2O4/c1-10-7-13(5-3-11(10)9-16)21-15-8-12(17(18)19)4-6-14(15)20-2/h3-8H,9,16H2,1-2H3. The second kappa shape index (κ2) is 6.23. The summed E-state index contributed by atoms with van der Waals surface area (Å²) in [6.07, 6.45) is 0. The molecule has 0 aliphatic carbocycles. The van der Waals surface area contributed by atoms with Crippen LogP contribution >= 0.6 is 0 Å². The van der Waals surface area contributed by atoms with Crippen molar-refractivity contribution >= 4 is 5.69 Å². The molecule has 2 aromatic rings. The summed E-state index contributed by atoms with van der Waals surface area (Å²) in [5, 5.41) is 10.8. The highest BCUT2D eigenvalue weighted by atomic mass is 16.6. The average molecular weight is 288 g/mol. The normalized spacial score (nSPS) is 10.2. The number of ether oxygens (including phenoxy) is 2. The second-order valence-electron chi connectivity index (χ2n) is 4.49. The minimum absolute atomic E-state index is 0.0545. The SMILES string of the molecule is COc1ccc([N+](=O)[O-])cc1Oc1ccc(CN)c(C)c1. The van der Waals surface area contributed by atoms with E-state index in [4.69, 9.17) is 15.2 Å². The molecule has 2 rings (SSSR count). The number of benzene rings is 2. The summed E-state index contributed by atoms with van der Waals surface area (Å²) in [6.45, 7) is 2.38. The van der Waals surface area contributed by atoms with Crippen molar-refractivity contribution in [1.29, 1.82) is 0 Å². The van der Waals surface area contributed by atoms with E-state index in [0.717, 1.165) is 11.1 Å². The molecule has 2 N–H and O–H groups in total. The molecule has 0 saturated carbocycles. The fraction of sp³-hybridized carbons (Fsp3) is 0.200. The van der Waals surface area contributed by atoms with Crippen molar-refractivity contribution in [2.75, 3.05) is 7.11 Å². The van der Waals surface area contributed by atoms with Crippen molar-refractivity contribution < 1.29 is 14.4 Å². The van der Waals surface area contributed by atoms with Gasteiger partial charge in [-0.2, -0.15) is 0 Å². The average Bonchev–Trinajstić information content (AvgIpc) is 2.47. The number of nitro benzene ring substituents is 1. The predicted octanol–water partition coefficient (Wildman–Crippen LogP) is 3.16. The van der Waals surface area contributed by atoms with Gasteiger partial charge in [-0.3, -0.25) is 10.1 Å². The highest BCUT2D eigenvalue weighted by molar-refractivity contribution is 5.50.